The maximum absolute atomic E-state index is 13.9. The van der Waals surface area contributed by atoms with Crippen molar-refractivity contribution in [3.8, 4) is 23.0 Å². The molecule has 2 heterocycles. The molecule has 9 heteroatoms. The Bertz CT molecular complexity index is 1430. The van der Waals surface area contributed by atoms with Crippen LogP contribution in [0.3, 0.4) is 0 Å². The third-order valence-electron chi connectivity index (χ3n) is 9.67. The van der Waals surface area contributed by atoms with Crippen LogP contribution in [-0.2, 0) is 15.6 Å². The van der Waals surface area contributed by atoms with Gasteiger partial charge in [0.05, 0.1) is 33.9 Å². The molecule has 3 aromatic rings. The van der Waals surface area contributed by atoms with Crippen LogP contribution in [0, 0.1) is 0 Å². The molecular formula is C35H43N3O6. The fourth-order valence-electron chi connectivity index (χ4n) is 6.93. The second-order valence-electron chi connectivity index (χ2n) is 11.8. The van der Waals surface area contributed by atoms with Crippen LogP contribution in [0.1, 0.15) is 47.2 Å². The number of rotatable bonds is 11. The zero-order valence-corrected chi connectivity index (χ0v) is 26.1. The van der Waals surface area contributed by atoms with Crippen LogP contribution in [0.25, 0.3) is 0 Å². The molecule has 234 valence electrons. The number of carbonyl (C=O) groups is 2. The Balaban J connectivity index is 1.35. The first-order valence-corrected chi connectivity index (χ1v) is 15.1. The molecule has 0 aromatic heterocycles. The van der Waals surface area contributed by atoms with Crippen LogP contribution in [0.5, 0.6) is 23.0 Å². The monoisotopic (exact) mass is 601 g/mol. The van der Waals surface area contributed by atoms with Gasteiger partial charge in [-0.1, -0.05) is 42.5 Å². The second-order valence-corrected chi connectivity index (χ2v) is 11.8. The van der Waals surface area contributed by atoms with E-state index in [1.165, 1.54) is 5.56 Å². The first-order valence-electron chi connectivity index (χ1n) is 15.1. The maximum Gasteiger partial charge on any atom is 0.254 e. The average Bonchev–Trinajstić information content (AvgIpc) is 3.52. The van der Waals surface area contributed by atoms with E-state index in [1.54, 1.807) is 40.6 Å². The summed E-state index contributed by atoms with van der Waals surface area (Å²) in [7, 11) is 6.30. The zero-order chi connectivity index (χ0) is 31.3. The molecule has 2 aliphatic rings. The van der Waals surface area contributed by atoms with Gasteiger partial charge < -0.3 is 34.5 Å². The highest BCUT2D eigenvalue weighted by molar-refractivity contribution is 5.96. The zero-order valence-electron chi connectivity index (χ0n) is 26.1. The number of methoxy groups -OCH3 is 4. The number of hydrogen-bond acceptors (Lipinski definition) is 7. The van der Waals surface area contributed by atoms with Crippen molar-refractivity contribution >= 4 is 11.8 Å². The van der Waals surface area contributed by atoms with Gasteiger partial charge in [-0.15, -0.1) is 0 Å². The first kappa shape index (κ1) is 31.2. The molecule has 2 aliphatic heterocycles. The Morgan fingerprint density at radius 2 is 1.41 bits per heavy atom. The van der Waals surface area contributed by atoms with Crippen LogP contribution in [0.2, 0.25) is 0 Å². The Morgan fingerprint density at radius 1 is 0.773 bits per heavy atom. The molecule has 1 unspecified atom stereocenters. The number of ether oxygens (including phenoxy) is 4. The van der Waals surface area contributed by atoms with Crippen molar-refractivity contribution in [2.75, 3.05) is 61.2 Å². The van der Waals surface area contributed by atoms with Crippen molar-refractivity contribution in [2.24, 2.45) is 5.73 Å². The van der Waals surface area contributed by atoms with E-state index < -0.39 is 5.41 Å². The fraction of sp³-hybridized carbons (Fsp3) is 0.429. The SMILES string of the molecule is COc1ccc(C2(CCN3CCC(C(N)=O)(c4ccccc4)CC3)CCN(C(=O)c3cc(OC)c(OC)c(OC)c3)C2)cc1. The molecule has 0 bridgehead atoms. The van der Waals surface area contributed by atoms with E-state index in [9.17, 15) is 9.59 Å². The van der Waals surface area contributed by atoms with Crippen LogP contribution >= 0.6 is 0 Å². The molecule has 2 amide bonds. The number of primary amides is 1. The summed E-state index contributed by atoms with van der Waals surface area (Å²) in [5.74, 6) is 1.81. The average molecular weight is 602 g/mol. The molecule has 0 spiro atoms. The van der Waals surface area contributed by atoms with Crippen molar-refractivity contribution in [1.82, 2.24) is 9.80 Å². The highest BCUT2D eigenvalue weighted by Crippen LogP contribution is 2.42. The predicted octanol–water partition coefficient (Wildman–Crippen LogP) is 4.41. The molecule has 0 radical (unpaired) electrons. The van der Waals surface area contributed by atoms with E-state index in [2.05, 4.69) is 17.0 Å². The lowest BCUT2D eigenvalue weighted by molar-refractivity contribution is -0.125. The van der Waals surface area contributed by atoms with Gasteiger partial charge in [-0.05, 0) is 80.7 Å². The number of nitrogens with zero attached hydrogens (tertiary/aromatic N) is 2. The number of hydrogen-bond donors (Lipinski definition) is 1. The number of benzene rings is 3. The first-order chi connectivity index (χ1) is 21.3. The van der Waals surface area contributed by atoms with Crippen molar-refractivity contribution in [3.05, 3.63) is 83.4 Å². The number of amides is 2. The van der Waals surface area contributed by atoms with Crippen LogP contribution in [0.15, 0.2) is 66.7 Å². The molecular weight excluding hydrogens is 558 g/mol. The number of carbonyl (C=O) groups excluding carboxylic acids is 2. The highest BCUT2D eigenvalue weighted by Gasteiger charge is 2.44. The number of likely N-dealkylation sites (tertiary alicyclic amines) is 2. The lowest BCUT2D eigenvalue weighted by Gasteiger charge is -2.41. The molecule has 44 heavy (non-hydrogen) atoms. The minimum atomic E-state index is -0.636. The maximum atomic E-state index is 13.9. The largest absolute Gasteiger partial charge is 0.497 e. The quantitative estimate of drug-likeness (QED) is 0.347. The molecule has 9 nitrogen and oxygen atoms in total. The molecule has 2 saturated heterocycles. The number of piperidine rings is 1. The summed E-state index contributed by atoms with van der Waals surface area (Å²) in [6.07, 6.45) is 3.08. The molecule has 0 saturated carbocycles. The van der Waals surface area contributed by atoms with Crippen molar-refractivity contribution in [3.63, 3.8) is 0 Å². The molecule has 2 N–H and O–H groups in total. The van der Waals surface area contributed by atoms with Crippen LogP contribution in [0.4, 0.5) is 0 Å². The van der Waals surface area contributed by atoms with Crippen LogP contribution in [-0.4, -0.2) is 82.8 Å². The molecule has 1 atom stereocenters. The van der Waals surface area contributed by atoms with E-state index in [4.69, 9.17) is 24.7 Å². The van der Waals surface area contributed by atoms with Crippen molar-refractivity contribution in [1.29, 1.82) is 0 Å². The number of nitrogens with two attached hydrogens (primary N) is 1. The lowest BCUT2D eigenvalue weighted by atomic mass is 9.71. The smallest absolute Gasteiger partial charge is 0.254 e. The topological polar surface area (TPSA) is 104 Å². The predicted molar refractivity (Wildman–Crippen MR) is 169 cm³/mol. The molecule has 2 fully saturated rings. The minimum Gasteiger partial charge on any atom is -0.497 e. The van der Waals surface area contributed by atoms with E-state index >= 15 is 0 Å². The summed E-state index contributed by atoms with van der Waals surface area (Å²) in [6, 6.07) is 21.6. The minimum absolute atomic E-state index is 0.0771. The van der Waals surface area contributed by atoms with Gasteiger partial charge >= 0.3 is 0 Å². The lowest BCUT2D eigenvalue weighted by Crippen LogP contribution is -2.50. The van der Waals surface area contributed by atoms with Gasteiger partial charge in [0, 0.05) is 24.1 Å². The highest BCUT2D eigenvalue weighted by atomic mass is 16.5. The van der Waals surface area contributed by atoms with Crippen molar-refractivity contribution < 1.29 is 28.5 Å². The summed E-state index contributed by atoms with van der Waals surface area (Å²) >= 11 is 0. The normalized spacial score (nSPS) is 19.8. The molecule has 0 aliphatic carbocycles. The summed E-state index contributed by atoms with van der Waals surface area (Å²) in [5, 5.41) is 0. The van der Waals surface area contributed by atoms with E-state index in [0.717, 1.165) is 43.8 Å². The van der Waals surface area contributed by atoms with E-state index in [0.29, 0.717) is 48.7 Å². The van der Waals surface area contributed by atoms with Gasteiger partial charge in [-0.25, -0.2) is 0 Å². The van der Waals surface area contributed by atoms with Gasteiger partial charge in [-0.2, -0.15) is 0 Å². The molecule has 5 rings (SSSR count). The van der Waals surface area contributed by atoms with Gasteiger partial charge in [0.25, 0.3) is 5.91 Å². The Morgan fingerprint density at radius 3 is 1.95 bits per heavy atom. The van der Waals surface area contributed by atoms with E-state index in [1.807, 2.05) is 47.4 Å². The van der Waals surface area contributed by atoms with Crippen LogP contribution < -0.4 is 24.7 Å². The Kier molecular flexibility index (Phi) is 9.34. The summed E-state index contributed by atoms with van der Waals surface area (Å²) in [5.41, 5.74) is 7.79. The summed E-state index contributed by atoms with van der Waals surface area (Å²) < 4.78 is 21.9. The standard InChI is InChI=1S/C35H43N3O6/c1-41-28-12-10-26(11-13-28)34(14-18-37-19-16-35(17-20-37,33(36)40)27-8-6-5-7-9-27)15-21-38(24-34)32(39)25-22-29(42-2)31(44-4)30(23-25)43-3/h5-13,22-23H,14-21,24H2,1-4H3,(H2,36,40). The van der Waals surface area contributed by atoms with Crippen molar-refractivity contribution in [2.45, 2.75) is 36.5 Å². The summed E-state index contributed by atoms with van der Waals surface area (Å²) in [4.78, 5) is 30.9. The summed E-state index contributed by atoms with van der Waals surface area (Å²) in [6.45, 7) is 3.62. The van der Waals surface area contributed by atoms with E-state index in [-0.39, 0.29) is 17.2 Å². The third-order valence-corrected chi connectivity index (χ3v) is 9.67. The molecule has 3 aromatic carbocycles. The fourth-order valence-corrected chi connectivity index (χ4v) is 6.93. The van der Waals surface area contributed by atoms with Gasteiger partial charge in [0.15, 0.2) is 11.5 Å². The van der Waals surface area contributed by atoms with Gasteiger partial charge in [0.1, 0.15) is 5.75 Å². The third kappa shape index (κ3) is 5.93. The second kappa shape index (κ2) is 13.2. The Labute approximate surface area is 259 Å². The van der Waals surface area contributed by atoms with Gasteiger partial charge in [0.2, 0.25) is 11.7 Å². The van der Waals surface area contributed by atoms with Gasteiger partial charge in [-0.3, -0.25) is 9.59 Å². The Hall–Kier alpha value is -4.24.